The molecule has 10 heteroatoms. The van der Waals surface area contributed by atoms with Gasteiger partial charge in [0.25, 0.3) is 5.91 Å². The van der Waals surface area contributed by atoms with Crippen LogP contribution >= 0.6 is 0 Å². The summed E-state index contributed by atoms with van der Waals surface area (Å²) in [5.41, 5.74) is 8.01. The fourth-order valence-corrected chi connectivity index (χ4v) is 3.55. The molecule has 0 unspecified atom stereocenters. The first kappa shape index (κ1) is 22.3. The lowest BCUT2D eigenvalue weighted by Gasteiger charge is -2.33. The summed E-state index contributed by atoms with van der Waals surface area (Å²) < 4.78 is 5.56. The molecular weight excluding hydrogens is 420 g/mol. The summed E-state index contributed by atoms with van der Waals surface area (Å²) in [7, 11) is 2.13. The number of carbonyl (C=O) groups excluding carboxylic acids is 1. The van der Waals surface area contributed by atoms with Crippen molar-refractivity contribution in [1.82, 2.24) is 19.9 Å². The van der Waals surface area contributed by atoms with Crippen molar-refractivity contribution in [3.05, 3.63) is 54.5 Å². The highest BCUT2D eigenvalue weighted by Crippen LogP contribution is 2.29. The van der Waals surface area contributed by atoms with E-state index in [0.29, 0.717) is 35.5 Å². The van der Waals surface area contributed by atoms with Gasteiger partial charge in [-0.2, -0.15) is 0 Å². The average molecular weight is 449 g/mol. The number of aromatic nitrogens is 3. The third-order valence-electron chi connectivity index (χ3n) is 5.36. The lowest BCUT2D eigenvalue weighted by Crippen LogP contribution is -2.44. The van der Waals surface area contributed by atoms with Crippen LogP contribution in [0.2, 0.25) is 0 Å². The van der Waals surface area contributed by atoms with Crippen molar-refractivity contribution in [1.29, 1.82) is 0 Å². The SMILES string of the molecule is CCOc1ncccc1Nc1cc(Nc2ccc(N3CCN(C)CC3)cn2)ncc1C(N)=O. The molecule has 172 valence electrons. The summed E-state index contributed by atoms with van der Waals surface area (Å²) in [6.07, 6.45) is 4.93. The van der Waals surface area contributed by atoms with Crippen LogP contribution in [-0.2, 0) is 0 Å². The second-order valence-corrected chi connectivity index (χ2v) is 7.71. The first-order valence-electron chi connectivity index (χ1n) is 10.8. The molecule has 0 bridgehead atoms. The van der Waals surface area contributed by atoms with Gasteiger partial charge in [-0.1, -0.05) is 0 Å². The number of amides is 1. The van der Waals surface area contributed by atoms with E-state index in [4.69, 9.17) is 10.5 Å². The van der Waals surface area contributed by atoms with Crippen molar-refractivity contribution >= 4 is 34.6 Å². The minimum Gasteiger partial charge on any atom is -0.476 e. The summed E-state index contributed by atoms with van der Waals surface area (Å²) in [5.74, 6) is 1.01. The maximum atomic E-state index is 12.0. The van der Waals surface area contributed by atoms with Crippen molar-refractivity contribution in [2.75, 3.05) is 55.4 Å². The van der Waals surface area contributed by atoms with E-state index in [0.717, 1.165) is 31.9 Å². The van der Waals surface area contributed by atoms with Crippen LogP contribution in [0.15, 0.2) is 48.9 Å². The van der Waals surface area contributed by atoms with E-state index in [2.05, 4.69) is 42.4 Å². The molecule has 4 heterocycles. The lowest BCUT2D eigenvalue weighted by atomic mass is 10.2. The van der Waals surface area contributed by atoms with E-state index in [1.165, 1.54) is 6.20 Å². The van der Waals surface area contributed by atoms with Crippen molar-refractivity contribution in [3.63, 3.8) is 0 Å². The molecule has 4 rings (SSSR count). The second kappa shape index (κ2) is 10.1. The van der Waals surface area contributed by atoms with Crippen molar-refractivity contribution in [3.8, 4) is 5.88 Å². The Hall–Kier alpha value is -3.92. The van der Waals surface area contributed by atoms with Crippen LogP contribution in [0.4, 0.5) is 28.7 Å². The summed E-state index contributed by atoms with van der Waals surface area (Å²) >= 11 is 0. The molecule has 4 N–H and O–H groups in total. The molecule has 0 atom stereocenters. The zero-order valence-electron chi connectivity index (χ0n) is 18.8. The number of nitrogens with two attached hydrogens (primary N) is 1. The van der Waals surface area contributed by atoms with Gasteiger partial charge in [0.05, 0.1) is 29.7 Å². The van der Waals surface area contributed by atoms with Crippen LogP contribution in [0.25, 0.3) is 0 Å². The van der Waals surface area contributed by atoms with Crippen LogP contribution in [0.1, 0.15) is 17.3 Å². The van der Waals surface area contributed by atoms with Crippen molar-refractivity contribution in [2.45, 2.75) is 6.92 Å². The van der Waals surface area contributed by atoms with E-state index in [1.807, 2.05) is 31.3 Å². The van der Waals surface area contributed by atoms with Gasteiger partial charge in [0.2, 0.25) is 5.88 Å². The zero-order chi connectivity index (χ0) is 23.2. The number of likely N-dealkylation sites (N-methyl/N-ethyl adjacent to an activating group) is 1. The van der Waals surface area contributed by atoms with Gasteiger partial charge in [0.1, 0.15) is 17.3 Å². The Balaban J connectivity index is 1.52. The average Bonchev–Trinajstić information content (AvgIpc) is 2.82. The summed E-state index contributed by atoms with van der Waals surface area (Å²) in [6, 6.07) is 9.26. The number of hydrogen-bond donors (Lipinski definition) is 3. The van der Waals surface area contributed by atoms with Gasteiger partial charge in [-0.3, -0.25) is 4.79 Å². The fraction of sp³-hybridized carbons (Fsp3) is 0.304. The molecule has 1 aliphatic heterocycles. The van der Waals surface area contributed by atoms with Gasteiger partial charge in [-0.25, -0.2) is 15.0 Å². The number of nitrogens with one attached hydrogen (secondary N) is 2. The Labute approximate surface area is 192 Å². The first-order valence-corrected chi connectivity index (χ1v) is 10.8. The smallest absolute Gasteiger partial charge is 0.252 e. The molecule has 3 aromatic heterocycles. The number of carbonyl (C=O) groups is 1. The molecule has 0 spiro atoms. The highest BCUT2D eigenvalue weighted by molar-refractivity contribution is 5.99. The Bertz CT molecular complexity index is 1100. The highest BCUT2D eigenvalue weighted by atomic mass is 16.5. The highest BCUT2D eigenvalue weighted by Gasteiger charge is 2.16. The van der Waals surface area contributed by atoms with Gasteiger partial charge in [-0.15, -0.1) is 0 Å². The molecule has 0 aliphatic carbocycles. The molecule has 1 fully saturated rings. The lowest BCUT2D eigenvalue weighted by molar-refractivity contribution is 0.100. The topological polar surface area (TPSA) is 122 Å². The number of hydrogen-bond acceptors (Lipinski definition) is 9. The van der Waals surface area contributed by atoms with Crippen LogP contribution in [0.5, 0.6) is 5.88 Å². The van der Waals surface area contributed by atoms with Crippen LogP contribution in [0.3, 0.4) is 0 Å². The number of nitrogens with zero attached hydrogens (tertiary/aromatic N) is 5. The molecule has 0 saturated carbocycles. The number of primary amides is 1. The van der Waals surface area contributed by atoms with Gasteiger partial charge < -0.3 is 30.9 Å². The van der Waals surface area contributed by atoms with Gasteiger partial charge in [-0.05, 0) is 38.2 Å². The monoisotopic (exact) mass is 448 g/mol. The molecule has 3 aromatic rings. The number of rotatable bonds is 8. The van der Waals surface area contributed by atoms with E-state index in [-0.39, 0.29) is 5.56 Å². The maximum absolute atomic E-state index is 12.0. The molecule has 10 nitrogen and oxygen atoms in total. The summed E-state index contributed by atoms with van der Waals surface area (Å²) in [6.45, 7) is 6.38. The standard InChI is InChI=1S/C23H28N8O2/c1-3-33-23-18(5-4-8-25-23)28-19-13-21(27-15-17(19)22(24)32)29-20-7-6-16(14-26-20)31-11-9-30(2)10-12-31/h4-8,13-15H,3,9-12H2,1-2H3,(H2,24,32)(H2,26,27,28,29). The maximum Gasteiger partial charge on any atom is 0.252 e. The quantitative estimate of drug-likeness (QED) is 0.477. The largest absolute Gasteiger partial charge is 0.476 e. The summed E-state index contributed by atoms with van der Waals surface area (Å²) in [5, 5.41) is 6.38. The van der Waals surface area contributed by atoms with E-state index >= 15 is 0 Å². The van der Waals surface area contributed by atoms with Gasteiger partial charge in [0.15, 0.2) is 0 Å². The molecule has 1 saturated heterocycles. The zero-order valence-corrected chi connectivity index (χ0v) is 18.8. The number of pyridine rings is 3. The van der Waals surface area contributed by atoms with Gasteiger partial charge in [0, 0.05) is 44.6 Å². The molecule has 0 radical (unpaired) electrons. The minimum atomic E-state index is -0.590. The Morgan fingerprint density at radius 3 is 2.52 bits per heavy atom. The number of ether oxygens (including phenoxy) is 1. The normalized spacial score (nSPS) is 14.1. The fourth-order valence-electron chi connectivity index (χ4n) is 3.55. The molecule has 33 heavy (non-hydrogen) atoms. The molecule has 0 aromatic carbocycles. The third kappa shape index (κ3) is 5.47. The minimum absolute atomic E-state index is 0.255. The predicted octanol–water partition coefficient (Wildman–Crippen LogP) is 2.61. The Morgan fingerprint density at radius 2 is 1.82 bits per heavy atom. The van der Waals surface area contributed by atoms with Crippen LogP contribution in [0, 0.1) is 0 Å². The Kier molecular flexibility index (Phi) is 6.84. The van der Waals surface area contributed by atoms with E-state index in [9.17, 15) is 4.79 Å². The first-order chi connectivity index (χ1) is 16.0. The van der Waals surface area contributed by atoms with Crippen LogP contribution in [-0.4, -0.2) is 65.6 Å². The van der Waals surface area contributed by atoms with Crippen molar-refractivity contribution < 1.29 is 9.53 Å². The van der Waals surface area contributed by atoms with Gasteiger partial charge >= 0.3 is 0 Å². The van der Waals surface area contributed by atoms with Crippen LogP contribution < -0.4 is 26.0 Å². The summed E-state index contributed by atoms with van der Waals surface area (Å²) in [4.78, 5) is 29.7. The van der Waals surface area contributed by atoms with E-state index in [1.54, 1.807) is 18.3 Å². The number of anilines is 5. The van der Waals surface area contributed by atoms with Crippen molar-refractivity contribution in [2.24, 2.45) is 5.73 Å². The Morgan fingerprint density at radius 1 is 1.03 bits per heavy atom. The molecule has 1 amide bonds. The predicted molar refractivity (Wildman–Crippen MR) is 129 cm³/mol. The third-order valence-corrected chi connectivity index (χ3v) is 5.36. The van der Waals surface area contributed by atoms with E-state index < -0.39 is 5.91 Å². The molecular formula is C23H28N8O2. The molecule has 1 aliphatic rings. The number of piperazine rings is 1. The second-order valence-electron chi connectivity index (χ2n) is 7.71.